The molecule has 1 N–H and O–H groups in total. The van der Waals surface area contributed by atoms with Crippen LogP contribution in [0.25, 0.3) is 11.0 Å². The van der Waals surface area contributed by atoms with Gasteiger partial charge in [-0.05, 0) is 72.1 Å². The first-order valence-electron chi connectivity index (χ1n) is 12.6. The molecule has 1 saturated heterocycles. The third-order valence-corrected chi connectivity index (χ3v) is 9.37. The van der Waals surface area contributed by atoms with Crippen LogP contribution in [0.4, 0.5) is 0 Å². The van der Waals surface area contributed by atoms with E-state index in [1.165, 1.54) is 11.3 Å². The molecule has 3 saturated carbocycles. The Hall–Kier alpha value is -2.22. The number of rotatable bonds is 7. The maximum Gasteiger partial charge on any atom is 0.481 e. The second-order valence-corrected chi connectivity index (χ2v) is 11.8. The van der Waals surface area contributed by atoms with Gasteiger partial charge in [0.2, 0.25) is 5.91 Å². The van der Waals surface area contributed by atoms with Crippen LogP contribution in [0.5, 0.6) is 0 Å². The van der Waals surface area contributed by atoms with Crippen molar-refractivity contribution in [3.05, 3.63) is 65.9 Å². The SMILES string of the molecule is CSc1ccc(CC(=O)NC(Cc2coc3ccccc23)B2OC3C[C@@H]4CC(C3O2)C4(C)C)cc1. The summed E-state index contributed by atoms with van der Waals surface area (Å²) in [5.74, 6) is 0.912. The molecular formula is C28H32BNO4S. The summed E-state index contributed by atoms with van der Waals surface area (Å²) in [6.45, 7) is 4.72. The van der Waals surface area contributed by atoms with Gasteiger partial charge in [0.1, 0.15) is 5.58 Å². The molecule has 1 amide bonds. The van der Waals surface area contributed by atoms with E-state index < -0.39 is 7.12 Å². The highest BCUT2D eigenvalue weighted by molar-refractivity contribution is 7.98. The van der Waals surface area contributed by atoms with E-state index in [0.717, 1.165) is 28.5 Å². The molecule has 7 rings (SSSR count). The molecule has 5 atom stereocenters. The predicted octanol–water partition coefficient (Wildman–Crippen LogP) is 5.30. The minimum absolute atomic E-state index is 0.0218. The van der Waals surface area contributed by atoms with Crippen molar-refractivity contribution in [2.24, 2.45) is 17.3 Å². The van der Waals surface area contributed by atoms with E-state index in [4.69, 9.17) is 13.7 Å². The molecule has 1 aromatic heterocycles. The van der Waals surface area contributed by atoms with Gasteiger partial charge in [0.05, 0.1) is 30.8 Å². The fourth-order valence-electron chi connectivity index (χ4n) is 6.38. The third kappa shape index (κ3) is 4.22. The lowest BCUT2D eigenvalue weighted by Crippen LogP contribution is -2.59. The molecule has 3 aliphatic carbocycles. The van der Waals surface area contributed by atoms with Crippen molar-refractivity contribution in [1.29, 1.82) is 0 Å². The predicted molar refractivity (Wildman–Crippen MR) is 139 cm³/mol. The smallest absolute Gasteiger partial charge is 0.464 e. The quantitative estimate of drug-likeness (QED) is 0.361. The third-order valence-electron chi connectivity index (χ3n) is 8.63. The van der Waals surface area contributed by atoms with Crippen LogP contribution >= 0.6 is 11.8 Å². The van der Waals surface area contributed by atoms with Crippen LogP contribution in [0, 0.1) is 17.3 Å². The number of thioether (sulfide) groups is 1. The molecule has 35 heavy (non-hydrogen) atoms. The number of furan rings is 1. The number of amides is 1. The van der Waals surface area contributed by atoms with Gasteiger partial charge in [-0.1, -0.05) is 44.2 Å². The summed E-state index contributed by atoms with van der Waals surface area (Å²) in [5, 5.41) is 4.33. The molecular weight excluding hydrogens is 457 g/mol. The number of para-hydroxylation sites is 1. The number of hydrogen-bond donors (Lipinski definition) is 1. The second-order valence-electron chi connectivity index (χ2n) is 10.9. The van der Waals surface area contributed by atoms with E-state index in [1.807, 2.05) is 30.3 Å². The Bertz CT molecular complexity index is 1230. The van der Waals surface area contributed by atoms with Crippen molar-refractivity contribution in [3.63, 3.8) is 0 Å². The Morgan fingerprint density at radius 1 is 1.14 bits per heavy atom. The summed E-state index contributed by atoms with van der Waals surface area (Å²) in [6.07, 6.45) is 7.27. The van der Waals surface area contributed by atoms with E-state index in [9.17, 15) is 4.79 Å². The monoisotopic (exact) mass is 489 g/mol. The molecule has 3 aromatic rings. The van der Waals surface area contributed by atoms with Crippen LogP contribution in [0.15, 0.2) is 64.1 Å². The number of carbonyl (C=O) groups excluding carboxylic acids is 1. The van der Waals surface area contributed by atoms with Gasteiger partial charge in [-0.15, -0.1) is 11.8 Å². The van der Waals surface area contributed by atoms with E-state index in [-0.39, 0.29) is 24.1 Å². The lowest BCUT2D eigenvalue weighted by atomic mass is 9.47. The normalized spacial score (nSPS) is 27.3. The van der Waals surface area contributed by atoms with Crippen LogP contribution in [0.1, 0.15) is 37.8 Å². The van der Waals surface area contributed by atoms with Crippen LogP contribution in [-0.4, -0.2) is 37.4 Å². The van der Waals surface area contributed by atoms with Gasteiger partial charge >= 0.3 is 7.12 Å². The van der Waals surface area contributed by atoms with Crippen molar-refractivity contribution in [2.75, 3.05) is 6.26 Å². The minimum atomic E-state index is -0.461. The van der Waals surface area contributed by atoms with Crippen molar-refractivity contribution in [2.45, 2.75) is 62.6 Å². The Morgan fingerprint density at radius 2 is 1.94 bits per heavy atom. The molecule has 2 aromatic carbocycles. The average molecular weight is 489 g/mol. The summed E-state index contributed by atoms with van der Waals surface area (Å²) >= 11 is 1.70. The first kappa shape index (κ1) is 23.2. The second kappa shape index (κ2) is 9.02. The fourth-order valence-corrected chi connectivity index (χ4v) is 6.79. The van der Waals surface area contributed by atoms with Gasteiger partial charge in [0.15, 0.2) is 0 Å². The van der Waals surface area contributed by atoms with Crippen LogP contribution in [0.2, 0.25) is 0 Å². The summed E-state index contributed by atoms with van der Waals surface area (Å²) in [6, 6.07) is 16.2. The van der Waals surface area contributed by atoms with Crippen molar-refractivity contribution >= 4 is 35.8 Å². The van der Waals surface area contributed by atoms with Gasteiger partial charge in [0, 0.05) is 10.3 Å². The summed E-state index contributed by atoms with van der Waals surface area (Å²) in [5.41, 5.74) is 3.21. The molecule has 4 aliphatic rings. The lowest BCUT2D eigenvalue weighted by molar-refractivity contribution is -0.150. The molecule has 1 aliphatic heterocycles. The number of carbonyl (C=O) groups is 1. The van der Waals surface area contributed by atoms with Gasteiger partial charge in [-0.2, -0.15) is 0 Å². The number of hydrogen-bond acceptors (Lipinski definition) is 5. The van der Waals surface area contributed by atoms with Crippen molar-refractivity contribution < 1.29 is 18.5 Å². The van der Waals surface area contributed by atoms with Crippen molar-refractivity contribution in [1.82, 2.24) is 5.32 Å². The number of benzene rings is 2. The maximum absolute atomic E-state index is 13.2. The molecule has 182 valence electrons. The highest BCUT2D eigenvalue weighted by Gasteiger charge is 2.62. The highest BCUT2D eigenvalue weighted by Crippen LogP contribution is 2.61. The van der Waals surface area contributed by atoms with E-state index >= 15 is 0 Å². The van der Waals surface area contributed by atoms with E-state index in [2.05, 4.69) is 43.6 Å². The van der Waals surface area contributed by atoms with Gasteiger partial charge < -0.3 is 19.0 Å². The molecule has 0 spiro atoms. The summed E-state index contributed by atoms with van der Waals surface area (Å²) in [4.78, 5) is 14.4. The average Bonchev–Trinajstić information content (AvgIpc) is 3.48. The molecule has 4 unspecified atom stereocenters. The molecule has 2 heterocycles. The Balaban J connectivity index is 1.22. The molecule has 5 nitrogen and oxygen atoms in total. The largest absolute Gasteiger partial charge is 0.481 e. The Labute approximate surface area is 211 Å². The lowest BCUT2D eigenvalue weighted by Gasteiger charge is -2.60. The fraction of sp³-hybridized carbons (Fsp3) is 0.464. The zero-order valence-corrected chi connectivity index (χ0v) is 21.3. The number of fused-ring (bicyclic) bond motifs is 1. The maximum atomic E-state index is 13.2. The summed E-state index contributed by atoms with van der Waals surface area (Å²) in [7, 11) is -0.461. The van der Waals surface area contributed by atoms with E-state index in [0.29, 0.717) is 30.1 Å². The van der Waals surface area contributed by atoms with Gasteiger partial charge in [0.25, 0.3) is 0 Å². The topological polar surface area (TPSA) is 60.7 Å². The zero-order chi connectivity index (χ0) is 24.2. The first-order chi connectivity index (χ1) is 16.9. The molecule has 0 radical (unpaired) electrons. The molecule has 2 bridgehead atoms. The number of nitrogens with one attached hydrogen (secondary N) is 1. The molecule has 7 heteroatoms. The van der Waals surface area contributed by atoms with Crippen LogP contribution < -0.4 is 5.32 Å². The first-order valence-corrected chi connectivity index (χ1v) is 13.8. The Morgan fingerprint density at radius 3 is 2.71 bits per heavy atom. The van der Waals surface area contributed by atoms with E-state index in [1.54, 1.807) is 18.0 Å². The zero-order valence-electron chi connectivity index (χ0n) is 20.5. The van der Waals surface area contributed by atoms with Crippen LogP contribution in [-0.2, 0) is 26.9 Å². The van der Waals surface area contributed by atoms with Gasteiger partial charge in [-0.25, -0.2) is 0 Å². The van der Waals surface area contributed by atoms with Crippen LogP contribution in [0.3, 0.4) is 0 Å². The van der Waals surface area contributed by atoms with Gasteiger partial charge in [-0.3, -0.25) is 4.79 Å². The standard InChI is InChI=1S/C28H32BNO4S/c1-28(2)19-14-22(28)27-24(15-19)33-29(34-27)25(13-18-16-32-23-7-5-4-6-21(18)23)30-26(31)12-17-8-10-20(35-3)11-9-17/h4-11,16,19,22,24-25,27H,12-15H2,1-3H3,(H,30,31)/t19-,22?,24?,25?,27?/m0/s1. The minimum Gasteiger partial charge on any atom is -0.464 e. The Kier molecular flexibility index (Phi) is 5.98. The highest BCUT2D eigenvalue weighted by atomic mass is 32.2. The molecule has 4 fully saturated rings. The summed E-state index contributed by atoms with van der Waals surface area (Å²) < 4.78 is 18.9. The van der Waals surface area contributed by atoms with Crippen molar-refractivity contribution in [3.8, 4) is 0 Å².